The molecule has 0 aromatic heterocycles. The number of hydrogen-bond donors (Lipinski definition) is 0. The van der Waals surface area contributed by atoms with Gasteiger partial charge in [0.15, 0.2) is 0 Å². The van der Waals surface area contributed by atoms with Crippen LogP contribution in [0.25, 0.3) is 0 Å². The Kier molecular flexibility index (Phi) is 1.92. The first kappa shape index (κ1) is 9.01. The molecule has 1 saturated carbocycles. The van der Waals surface area contributed by atoms with Gasteiger partial charge in [0.25, 0.3) is 0 Å². The molecule has 0 aliphatic heterocycles. The van der Waals surface area contributed by atoms with Gasteiger partial charge in [-0.25, -0.2) is 4.39 Å². The van der Waals surface area contributed by atoms with Gasteiger partial charge in [0.05, 0.1) is 18.6 Å². The maximum Gasteiger partial charge on any atom is 0.126 e. The third-order valence-corrected chi connectivity index (χ3v) is 2.64. The van der Waals surface area contributed by atoms with Crippen LogP contribution < -0.4 is 4.74 Å². The van der Waals surface area contributed by atoms with E-state index in [1.807, 2.05) is 0 Å². The van der Waals surface area contributed by atoms with Crippen LogP contribution in [0.5, 0.6) is 5.75 Å². The minimum absolute atomic E-state index is 0.334. The average Bonchev–Trinajstić information content (AvgIpc) is 2.98. The maximum absolute atomic E-state index is 12.9. The second kappa shape index (κ2) is 2.98. The van der Waals surface area contributed by atoms with Crippen molar-refractivity contribution >= 4 is 0 Å². The van der Waals surface area contributed by atoms with Gasteiger partial charge < -0.3 is 4.74 Å². The van der Waals surface area contributed by atoms with Gasteiger partial charge in [0, 0.05) is 11.6 Å². The van der Waals surface area contributed by atoms with E-state index in [0.29, 0.717) is 5.75 Å². The Labute approximate surface area is 81.9 Å². The molecule has 0 spiro atoms. The standard InChI is InChI=1S/C11H10FNO/c1-14-10-6-8(12)2-3-9(10)11(7-13)4-5-11/h2-3,6H,4-5H2,1H3. The molecule has 72 valence electrons. The van der Waals surface area contributed by atoms with E-state index >= 15 is 0 Å². The molecule has 0 atom stereocenters. The predicted molar refractivity (Wildman–Crippen MR) is 49.5 cm³/mol. The highest BCUT2D eigenvalue weighted by atomic mass is 19.1. The molecule has 0 saturated heterocycles. The predicted octanol–water partition coefficient (Wildman–Crippen LogP) is 2.39. The molecule has 0 amide bonds. The zero-order valence-electron chi connectivity index (χ0n) is 7.88. The summed E-state index contributed by atoms with van der Waals surface area (Å²) in [6.45, 7) is 0. The summed E-state index contributed by atoms with van der Waals surface area (Å²) in [5.41, 5.74) is 0.392. The van der Waals surface area contributed by atoms with Crippen LogP contribution >= 0.6 is 0 Å². The van der Waals surface area contributed by atoms with Gasteiger partial charge in [-0.05, 0) is 18.9 Å². The van der Waals surface area contributed by atoms with Crippen LogP contribution in [0.1, 0.15) is 18.4 Å². The first-order valence-corrected chi connectivity index (χ1v) is 4.47. The Morgan fingerprint density at radius 2 is 2.21 bits per heavy atom. The highest BCUT2D eigenvalue weighted by Gasteiger charge is 2.46. The van der Waals surface area contributed by atoms with Crippen LogP contribution in [0.15, 0.2) is 18.2 Å². The van der Waals surface area contributed by atoms with Crippen LogP contribution in [0.4, 0.5) is 4.39 Å². The number of methoxy groups -OCH3 is 1. The molecule has 1 aliphatic rings. The fourth-order valence-electron chi connectivity index (χ4n) is 1.63. The van der Waals surface area contributed by atoms with Gasteiger partial charge in [-0.15, -0.1) is 0 Å². The second-order valence-electron chi connectivity index (χ2n) is 3.54. The van der Waals surface area contributed by atoms with Gasteiger partial charge >= 0.3 is 0 Å². The summed E-state index contributed by atoms with van der Waals surface area (Å²) < 4.78 is 17.9. The highest BCUT2D eigenvalue weighted by molar-refractivity contribution is 5.48. The number of nitriles is 1. The van der Waals surface area contributed by atoms with Crippen molar-refractivity contribution < 1.29 is 9.13 Å². The Bertz CT molecular complexity index is 404. The minimum atomic E-state index is -0.418. The molecule has 2 nitrogen and oxygen atoms in total. The van der Waals surface area contributed by atoms with Crippen molar-refractivity contribution in [1.82, 2.24) is 0 Å². The zero-order chi connectivity index (χ0) is 10.2. The Balaban J connectivity index is 2.49. The maximum atomic E-state index is 12.9. The minimum Gasteiger partial charge on any atom is -0.496 e. The Morgan fingerprint density at radius 3 is 2.71 bits per heavy atom. The average molecular weight is 191 g/mol. The fraction of sp³-hybridized carbons (Fsp3) is 0.364. The lowest BCUT2D eigenvalue weighted by Gasteiger charge is -2.11. The third kappa shape index (κ3) is 1.24. The normalized spacial score (nSPS) is 17.2. The largest absolute Gasteiger partial charge is 0.496 e. The first-order valence-electron chi connectivity index (χ1n) is 4.47. The molecule has 3 heteroatoms. The number of nitrogens with zero attached hydrogens (tertiary/aromatic N) is 1. The lowest BCUT2D eigenvalue weighted by molar-refractivity contribution is 0.404. The van der Waals surface area contributed by atoms with Gasteiger partial charge in [-0.2, -0.15) is 5.26 Å². The molecule has 1 aromatic carbocycles. The van der Waals surface area contributed by atoms with Crippen molar-refractivity contribution in [2.75, 3.05) is 7.11 Å². The summed E-state index contributed by atoms with van der Waals surface area (Å²) in [5, 5.41) is 9.00. The second-order valence-corrected chi connectivity index (χ2v) is 3.54. The molecule has 0 N–H and O–H groups in total. The van der Waals surface area contributed by atoms with E-state index in [1.165, 1.54) is 19.2 Å². The summed E-state index contributed by atoms with van der Waals surface area (Å²) >= 11 is 0. The van der Waals surface area contributed by atoms with Crippen LogP contribution in [0.2, 0.25) is 0 Å². The Morgan fingerprint density at radius 1 is 1.50 bits per heavy atom. The molecule has 0 heterocycles. The van der Waals surface area contributed by atoms with E-state index in [1.54, 1.807) is 6.07 Å². The molecule has 1 aromatic rings. The number of halogens is 1. The van der Waals surface area contributed by atoms with E-state index in [9.17, 15) is 4.39 Å². The summed E-state index contributed by atoms with van der Waals surface area (Å²) in [6.07, 6.45) is 1.68. The molecular formula is C11H10FNO. The lowest BCUT2D eigenvalue weighted by Crippen LogP contribution is -2.05. The Hall–Kier alpha value is -1.56. The number of hydrogen-bond acceptors (Lipinski definition) is 2. The number of ether oxygens (including phenoxy) is 1. The third-order valence-electron chi connectivity index (χ3n) is 2.64. The van der Waals surface area contributed by atoms with Crippen molar-refractivity contribution in [3.8, 4) is 11.8 Å². The molecule has 2 rings (SSSR count). The first-order chi connectivity index (χ1) is 6.72. The monoisotopic (exact) mass is 191 g/mol. The van der Waals surface area contributed by atoms with Crippen LogP contribution in [0.3, 0.4) is 0 Å². The zero-order valence-corrected chi connectivity index (χ0v) is 7.88. The highest BCUT2D eigenvalue weighted by Crippen LogP contribution is 2.50. The van der Waals surface area contributed by atoms with Gasteiger partial charge in [0.2, 0.25) is 0 Å². The van der Waals surface area contributed by atoms with E-state index in [4.69, 9.17) is 10.00 Å². The van der Waals surface area contributed by atoms with Gasteiger partial charge in [0.1, 0.15) is 11.6 Å². The van der Waals surface area contributed by atoms with E-state index in [0.717, 1.165) is 18.4 Å². The quantitative estimate of drug-likeness (QED) is 0.719. The number of rotatable bonds is 2. The summed E-state index contributed by atoms with van der Waals surface area (Å²) in [5.74, 6) is 0.142. The number of benzene rings is 1. The molecule has 0 unspecified atom stereocenters. The summed E-state index contributed by atoms with van der Waals surface area (Å²) in [6, 6.07) is 6.60. The van der Waals surface area contributed by atoms with Crippen molar-refractivity contribution in [3.05, 3.63) is 29.6 Å². The van der Waals surface area contributed by atoms with Crippen molar-refractivity contribution in [2.45, 2.75) is 18.3 Å². The molecule has 0 radical (unpaired) electrons. The fourth-order valence-corrected chi connectivity index (χ4v) is 1.63. The van der Waals surface area contributed by atoms with E-state index in [-0.39, 0.29) is 5.82 Å². The van der Waals surface area contributed by atoms with Crippen molar-refractivity contribution in [2.24, 2.45) is 0 Å². The summed E-state index contributed by atoms with van der Waals surface area (Å²) in [7, 11) is 1.49. The van der Waals surface area contributed by atoms with Crippen molar-refractivity contribution in [3.63, 3.8) is 0 Å². The smallest absolute Gasteiger partial charge is 0.126 e. The van der Waals surface area contributed by atoms with Crippen molar-refractivity contribution in [1.29, 1.82) is 5.26 Å². The van der Waals surface area contributed by atoms with E-state index in [2.05, 4.69) is 6.07 Å². The molecular weight excluding hydrogens is 181 g/mol. The van der Waals surface area contributed by atoms with Gasteiger partial charge in [-0.3, -0.25) is 0 Å². The van der Waals surface area contributed by atoms with Crippen LogP contribution in [0, 0.1) is 17.1 Å². The lowest BCUT2D eigenvalue weighted by atomic mass is 9.97. The van der Waals surface area contributed by atoms with E-state index < -0.39 is 5.41 Å². The van der Waals surface area contributed by atoms with Crippen LogP contribution in [-0.2, 0) is 5.41 Å². The van der Waals surface area contributed by atoms with Crippen LogP contribution in [-0.4, -0.2) is 7.11 Å². The molecule has 14 heavy (non-hydrogen) atoms. The van der Waals surface area contributed by atoms with Gasteiger partial charge in [-0.1, -0.05) is 6.07 Å². The molecule has 1 aliphatic carbocycles. The molecule has 1 fully saturated rings. The summed E-state index contributed by atoms with van der Waals surface area (Å²) in [4.78, 5) is 0. The topological polar surface area (TPSA) is 33.0 Å². The molecule has 0 bridgehead atoms. The SMILES string of the molecule is COc1cc(F)ccc1C1(C#N)CC1.